The highest BCUT2D eigenvalue weighted by Gasteiger charge is 2.09. The van der Waals surface area contributed by atoms with Gasteiger partial charge in [0.25, 0.3) is 5.91 Å². The van der Waals surface area contributed by atoms with E-state index in [1.165, 1.54) is 11.3 Å². The van der Waals surface area contributed by atoms with Crippen molar-refractivity contribution in [3.05, 3.63) is 45.9 Å². The molecule has 0 fully saturated rings. The SMILES string of the molecule is Cc1nc(C(=O)Nc2cccc(CCCO)c2)cs1. The van der Waals surface area contributed by atoms with Gasteiger partial charge in [0.1, 0.15) is 5.69 Å². The molecule has 2 N–H and O–H groups in total. The molecule has 19 heavy (non-hydrogen) atoms. The Hall–Kier alpha value is -1.72. The second-order valence-electron chi connectivity index (χ2n) is 4.23. The van der Waals surface area contributed by atoms with Gasteiger partial charge in [-0.3, -0.25) is 4.79 Å². The van der Waals surface area contributed by atoms with Gasteiger partial charge in [-0.2, -0.15) is 0 Å². The van der Waals surface area contributed by atoms with Gasteiger partial charge in [0.05, 0.1) is 5.01 Å². The van der Waals surface area contributed by atoms with Gasteiger partial charge in [-0.25, -0.2) is 4.98 Å². The second kappa shape index (κ2) is 6.45. The predicted molar refractivity (Wildman–Crippen MR) is 76.7 cm³/mol. The van der Waals surface area contributed by atoms with Crippen LogP contribution in [-0.2, 0) is 6.42 Å². The van der Waals surface area contributed by atoms with E-state index in [9.17, 15) is 4.79 Å². The Morgan fingerprint density at radius 1 is 1.47 bits per heavy atom. The topological polar surface area (TPSA) is 62.2 Å². The third kappa shape index (κ3) is 3.87. The zero-order valence-corrected chi connectivity index (χ0v) is 11.5. The smallest absolute Gasteiger partial charge is 0.275 e. The van der Waals surface area contributed by atoms with E-state index in [0.29, 0.717) is 5.69 Å². The molecule has 0 aliphatic heterocycles. The first-order valence-corrected chi connectivity index (χ1v) is 7.00. The third-order valence-corrected chi connectivity index (χ3v) is 3.43. The summed E-state index contributed by atoms with van der Waals surface area (Å²) in [6.45, 7) is 2.05. The van der Waals surface area contributed by atoms with E-state index >= 15 is 0 Å². The first-order chi connectivity index (χ1) is 9.19. The van der Waals surface area contributed by atoms with Crippen LogP contribution in [0.5, 0.6) is 0 Å². The summed E-state index contributed by atoms with van der Waals surface area (Å²) in [5, 5.41) is 14.3. The highest BCUT2D eigenvalue weighted by Crippen LogP contribution is 2.14. The van der Waals surface area contributed by atoms with Crippen LogP contribution in [0, 0.1) is 6.92 Å². The van der Waals surface area contributed by atoms with Crippen LogP contribution in [0.4, 0.5) is 5.69 Å². The number of aliphatic hydroxyl groups is 1. The Kier molecular flexibility index (Phi) is 4.65. The summed E-state index contributed by atoms with van der Waals surface area (Å²) >= 11 is 1.46. The van der Waals surface area contributed by atoms with Crippen molar-refractivity contribution in [3.63, 3.8) is 0 Å². The number of aromatic nitrogens is 1. The average Bonchev–Trinajstić information content (AvgIpc) is 2.83. The van der Waals surface area contributed by atoms with Gasteiger partial charge in [-0.15, -0.1) is 11.3 Å². The number of hydrogen-bond acceptors (Lipinski definition) is 4. The van der Waals surface area contributed by atoms with E-state index in [2.05, 4.69) is 10.3 Å². The number of amides is 1. The van der Waals surface area contributed by atoms with Crippen LogP contribution in [0.1, 0.15) is 27.5 Å². The van der Waals surface area contributed by atoms with Gasteiger partial charge in [0.2, 0.25) is 0 Å². The zero-order chi connectivity index (χ0) is 13.7. The third-order valence-electron chi connectivity index (χ3n) is 2.66. The van der Waals surface area contributed by atoms with Gasteiger partial charge in [0.15, 0.2) is 0 Å². The number of anilines is 1. The monoisotopic (exact) mass is 276 g/mol. The second-order valence-corrected chi connectivity index (χ2v) is 5.30. The number of nitrogens with one attached hydrogen (secondary N) is 1. The molecule has 0 radical (unpaired) electrons. The molecule has 2 rings (SSSR count). The maximum absolute atomic E-state index is 11.9. The fraction of sp³-hybridized carbons (Fsp3) is 0.286. The van der Waals surface area contributed by atoms with Crippen LogP contribution >= 0.6 is 11.3 Å². The molecular weight excluding hydrogens is 260 g/mol. The van der Waals surface area contributed by atoms with Crippen LogP contribution in [0.2, 0.25) is 0 Å². The highest BCUT2D eigenvalue weighted by molar-refractivity contribution is 7.09. The molecule has 5 heteroatoms. The number of rotatable bonds is 5. The molecule has 0 atom stereocenters. The molecule has 0 saturated heterocycles. The van der Waals surface area contributed by atoms with Crippen molar-refractivity contribution < 1.29 is 9.90 Å². The molecule has 0 aliphatic carbocycles. The Morgan fingerprint density at radius 3 is 3.00 bits per heavy atom. The molecular formula is C14H16N2O2S. The van der Waals surface area contributed by atoms with E-state index in [-0.39, 0.29) is 12.5 Å². The highest BCUT2D eigenvalue weighted by atomic mass is 32.1. The first kappa shape index (κ1) is 13.7. The number of carbonyl (C=O) groups excluding carboxylic acids is 1. The van der Waals surface area contributed by atoms with Gasteiger partial charge in [-0.05, 0) is 37.5 Å². The molecule has 0 aliphatic rings. The van der Waals surface area contributed by atoms with Crippen molar-refractivity contribution in [2.75, 3.05) is 11.9 Å². The summed E-state index contributed by atoms with van der Waals surface area (Å²) in [6.07, 6.45) is 1.53. The maximum Gasteiger partial charge on any atom is 0.275 e. The Labute approximate surface area is 116 Å². The number of aliphatic hydroxyl groups excluding tert-OH is 1. The van der Waals surface area contributed by atoms with Crippen molar-refractivity contribution in [1.82, 2.24) is 4.98 Å². The lowest BCUT2D eigenvalue weighted by Gasteiger charge is -2.06. The molecule has 1 amide bonds. The number of thiazole rings is 1. The molecule has 4 nitrogen and oxygen atoms in total. The summed E-state index contributed by atoms with van der Waals surface area (Å²) in [7, 11) is 0. The Balaban J connectivity index is 2.04. The van der Waals surface area contributed by atoms with Crippen LogP contribution in [-0.4, -0.2) is 22.6 Å². The fourth-order valence-corrected chi connectivity index (χ4v) is 2.34. The lowest BCUT2D eigenvalue weighted by molar-refractivity contribution is 0.102. The number of aryl methyl sites for hydroxylation is 2. The fourth-order valence-electron chi connectivity index (χ4n) is 1.75. The molecule has 0 unspecified atom stereocenters. The van der Waals surface area contributed by atoms with E-state index in [4.69, 9.17) is 5.11 Å². The van der Waals surface area contributed by atoms with E-state index in [1.54, 1.807) is 5.38 Å². The van der Waals surface area contributed by atoms with Crippen molar-refractivity contribution in [2.45, 2.75) is 19.8 Å². The van der Waals surface area contributed by atoms with Crippen molar-refractivity contribution >= 4 is 22.9 Å². The summed E-state index contributed by atoms with van der Waals surface area (Å²) in [5.41, 5.74) is 2.30. The molecule has 100 valence electrons. The minimum absolute atomic E-state index is 0.175. The standard InChI is InChI=1S/C14H16N2O2S/c1-10-15-13(9-19-10)14(18)16-12-6-2-4-11(8-12)5-3-7-17/h2,4,6,8-9,17H,3,5,7H2,1H3,(H,16,18). The number of carbonyl (C=O) groups is 1. The number of nitrogens with zero attached hydrogens (tertiary/aromatic N) is 1. The first-order valence-electron chi connectivity index (χ1n) is 6.12. The molecule has 2 aromatic rings. The minimum atomic E-state index is -0.191. The lowest BCUT2D eigenvalue weighted by atomic mass is 10.1. The van der Waals surface area contributed by atoms with Gasteiger partial charge in [0, 0.05) is 17.7 Å². The van der Waals surface area contributed by atoms with Crippen LogP contribution in [0.25, 0.3) is 0 Å². The molecule has 0 spiro atoms. The van der Waals surface area contributed by atoms with Crippen molar-refractivity contribution in [3.8, 4) is 0 Å². The van der Waals surface area contributed by atoms with Gasteiger partial charge >= 0.3 is 0 Å². The molecule has 0 bridgehead atoms. The molecule has 1 aromatic carbocycles. The molecule has 0 saturated carbocycles. The molecule has 1 heterocycles. The lowest BCUT2D eigenvalue weighted by Crippen LogP contribution is -2.12. The molecule has 1 aromatic heterocycles. The van der Waals surface area contributed by atoms with Crippen molar-refractivity contribution in [1.29, 1.82) is 0 Å². The average molecular weight is 276 g/mol. The Morgan fingerprint density at radius 2 is 2.32 bits per heavy atom. The quantitative estimate of drug-likeness (QED) is 0.882. The minimum Gasteiger partial charge on any atom is -0.396 e. The zero-order valence-electron chi connectivity index (χ0n) is 10.7. The number of benzene rings is 1. The van der Waals surface area contributed by atoms with Crippen LogP contribution in [0.3, 0.4) is 0 Å². The van der Waals surface area contributed by atoms with E-state index in [1.807, 2.05) is 31.2 Å². The van der Waals surface area contributed by atoms with Crippen molar-refractivity contribution in [2.24, 2.45) is 0 Å². The van der Waals surface area contributed by atoms with Crippen LogP contribution < -0.4 is 5.32 Å². The predicted octanol–water partition coefficient (Wildman–Crippen LogP) is 2.63. The van der Waals surface area contributed by atoms with Crippen LogP contribution in [0.15, 0.2) is 29.6 Å². The van der Waals surface area contributed by atoms with Gasteiger partial charge < -0.3 is 10.4 Å². The summed E-state index contributed by atoms with van der Waals surface area (Å²) in [5.74, 6) is -0.191. The summed E-state index contributed by atoms with van der Waals surface area (Å²) in [6, 6.07) is 7.65. The maximum atomic E-state index is 11.9. The Bertz CT molecular complexity index is 566. The number of hydrogen-bond donors (Lipinski definition) is 2. The summed E-state index contributed by atoms with van der Waals surface area (Å²) < 4.78 is 0. The normalized spacial score (nSPS) is 10.4. The largest absolute Gasteiger partial charge is 0.396 e. The summed E-state index contributed by atoms with van der Waals surface area (Å²) in [4.78, 5) is 16.1. The van der Waals surface area contributed by atoms with E-state index < -0.39 is 0 Å². The van der Waals surface area contributed by atoms with E-state index in [0.717, 1.165) is 29.1 Å². The van der Waals surface area contributed by atoms with Gasteiger partial charge in [-0.1, -0.05) is 12.1 Å².